The molecular weight excluding hydrogens is 158 g/mol. The molecule has 0 aromatic carbocycles. The summed E-state index contributed by atoms with van der Waals surface area (Å²) in [6, 6.07) is 0.183. The Hall–Kier alpha value is -0.820. The Labute approximate surface area is 83.0 Å². The van der Waals surface area contributed by atoms with E-state index in [2.05, 4.69) is 40.5 Å². The summed E-state index contributed by atoms with van der Waals surface area (Å²) in [4.78, 5) is 0. The molecule has 0 spiro atoms. The zero-order chi connectivity index (χ0) is 10.9. The van der Waals surface area contributed by atoms with Crippen LogP contribution >= 0.6 is 0 Å². The minimum Gasteiger partial charge on any atom is -0.324 e. The van der Waals surface area contributed by atoms with Crippen molar-refractivity contribution >= 4 is 0 Å². The maximum Gasteiger partial charge on any atom is 0.0293 e. The highest BCUT2D eigenvalue weighted by Gasteiger charge is 2.05. The normalized spacial score (nSPS) is 10.8. The minimum absolute atomic E-state index is 0.183. The van der Waals surface area contributed by atoms with Crippen molar-refractivity contribution in [3.63, 3.8) is 0 Å². The lowest BCUT2D eigenvalue weighted by atomic mass is 9.99. The molecule has 13 heavy (non-hydrogen) atoms. The Morgan fingerprint density at radius 2 is 1.85 bits per heavy atom. The second-order valence-electron chi connectivity index (χ2n) is 3.05. The Bertz CT molecular complexity index is 164. The van der Waals surface area contributed by atoms with Gasteiger partial charge in [0.1, 0.15) is 0 Å². The molecule has 0 fully saturated rings. The van der Waals surface area contributed by atoms with Crippen LogP contribution in [-0.4, -0.2) is 6.04 Å². The van der Waals surface area contributed by atoms with E-state index in [1.54, 1.807) is 0 Å². The Balaban J connectivity index is 0. The molecule has 0 bridgehead atoms. The standard InChI is InChI=1S/C10H19N.C2H4/c1-5-7-10(11)9(6-2)8(3)4;1-2/h6,10H,2,5,7,11H2,1,3-4H3;1-2H2. The maximum atomic E-state index is 5.91. The van der Waals surface area contributed by atoms with Crippen LogP contribution < -0.4 is 5.73 Å². The summed E-state index contributed by atoms with van der Waals surface area (Å²) >= 11 is 0. The second-order valence-corrected chi connectivity index (χ2v) is 3.05. The van der Waals surface area contributed by atoms with Crippen molar-refractivity contribution in [3.8, 4) is 0 Å². The topological polar surface area (TPSA) is 26.0 Å². The first kappa shape index (κ1) is 14.7. The average molecular weight is 181 g/mol. The first-order valence-corrected chi connectivity index (χ1v) is 4.68. The number of hydrogen-bond acceptors (Lipinski definition) is 1. The predicted octanol–water partition coefficient (Wildman–Crippen LogP) is 3.44. The zero-order valence-electron chi connectivity index (χ0n) is 9.27. The highest BCUT2D eigenvalue weighted by molar-refractivity contribution is 5.26. The molecule has 0 aliphatic heterocycles. The van der Waals surface area contributed by atoms with Gasteiger partial charge in [0.15, 0.2) is 0 Å². The summed E-state index contributed by atoms with van der Waals surface area (Å²) in [5, 5.41) is 0. The molecule has 76 valence electrons. The van der Waals surface area contributed by atoms with Crippen LogP contribution in [0.1, 0.15) is 33.6 Å². The van der Waals surface area contributed by atoms with Gasteiger partial charge in [-0.15, -0.1) is 13.2 Å². The summed E-state index contributed by atoms with van der Waals surface area (Å²) in [5.74, 6) is 0. The third kappa shape index (κ3) is 6.35. The average Bonchev–Trinajstić information content (AvgIpc) is 2.09. The van der Waals surface area contributed by atoms with Gasteiger partial charge in [-0.05, 0) is 25.8 Å². The molecule has 0 radical (unpaired) electrons. The summed E-state index contributed by atoms with van der Waals surface area (Å²) in [6.45, 7) is 16.0. The van der Waals surface area contributed by atoms with Crippen LogP contribution in [0, 0.1) is 0 Å². The monoisotopic (exact) mass is 181 g/mol. The molecule has 0 rings (SSSR count). The number of nitrogens with two attached hydrogens (primary N) is 1. The Morgan fingerprint density at radius 1 is 1.38 bits per heavy atom. The number of hydrogen-bond donors (Lipinski definition) is 1. The third-order valence-electron chi connectivity index (χ3n) is 1.80. The molecule has 0 saturated heterocycles. The van der Waals surface area contributed by atoms with Gasteiger partial charge in [0.25, 0.3) is 0 Å². The fourth-order valence-electron chi connectivity index (χ4n) is 1.19. The van der Waals surface area contributed by atoms with Gasteiger partial charge < -0.3 is 5.73 Å². The first-order chi connectivity index (χ1) is 6.13. The van der Waals surface area contributed by atoms with Gasteiger partial charge in [-0.25, -0.2) is 0 Å². The molecule has 0 aliphatic carbocycles. The van der Waals surface area contributed by atoms with Gasteiger partial charge in [-0.2, -0.15) is 0 Å². The molecule has 0 heterocycles. The third-order valence-corrected chi connectivity index (χ3v) is 1.80. The fraction of sp³-hybridized carbons (Fsp3) is 0.500. The first-order valence-electron chi connectivity index (χ1n) is 4.68. The van der Waals surface area contributed by atoms with Crippen molar-refractivity contribution in [1.29, 1.82) is 0 Å². The smallest absolute Gasteiger partial charge is 0.0293 e. The van der Waals surface area contributed by atoms with Crippen LogP contribution in [0.2, 0.25) is 0 Å². The van der Waals surface area contributed by atoms with Crippen molar-refractivity contribution in [2.45, 2.75) is 39.7 Å². The van der Waals surface area contributed by atoms with Crippen LogP contribution in [0.3, 0.4) is 0 Å². The minimum atomic E-state index is 0.183. The SMILES string of the molecule is C=C.C=CC(=C(C)C)C(N)CCC. The van der Waals surface area contributed by atoms with Crippen molar-refractivity contribution < 1.29 is 0 Å². The predicted molar refractivity (Wildman–Crippen MR) is 62.7 cm³/mol. The van der Waals surface area contributed by atoms with E-state index < -0.39 is 0 Å². The van der Waals surface area contributed by atoms with E-state index in [1.165, 1.54) is 11.1 Å². The summed E-state index contributed by atoms with van der Waals surface area (Å²) in [6.07, 6.45) is 4.05. The second kappa shape index (κ2) is 9.27. The van der Waals surface area contributed by atoms with Crippen molar-refractivity contribution in [2.24, 2.45) is 5.73 Å². The summed E-state index contributed by atoms with van der Waals surface area (Å²) in [5.41, 5.74) is 8.39. The molecule has 0 saturated carbocycles. The Morgan fingerprint density at radius 3 is 2.08 bits per heavy atom. The lowest BCUT2D eigenvalue weighted by molar-refractivity contribution is 0.679. The number of rotatable bonds is 4. The molecule has 0 aliphatic rings. The van der Waals surface area contributed by atoms with Gasteiger partial charge in [0.2, 0.25) is 0 Å². The van der Waals surface area contributed by atoms with Crippen LogP contribution in [0.25, 0.3) is 0 Å². The van der Waals surface area contributed by atoms with E-state index >= 15 is 0 Å². The van der Waals surface area contributed by atoms with Crippen LogP contribution in [0.4, 0.5) is 0 Å². The van der Waals surface area contributed by atoms with E-state index in [0.29, 0.717) is 0 Å². The van der Waals surface area contributed by atoms with Crippen LogP contribution in [0.5, 0.6) is 0 Å². The van der Waals surface area contributed by atoms with Crippen LogP contribution in [0.15, 0.2) is 37.0 Å². The maximum absolute atomic E-state index is 5.91. The van der Waals surface area contributed by atoms with Crippen molar-refractivity contribution in [3.05, 3.63) is 37.0 Å². The van der Waals surface area contributed by atoms with Gasteiger partial charge in [0.05, 0.1) is 0 Å². The highest BCUT2D eigenvalue weighted by Crippen LogP contribution is 2.11. The van der Waals surface area contributed by atoms with E-state index in [-0.39, 0.29) is 6.04 Å². The van der Waals surface area contributed by atoms with Crippen molar-refractivity contribution in [2.75, 3.05) is 0 Å². The van der Waals surface area contributed by atoms with Gasteiger partial charge in [-0.1, -0.05) is 31.6 Å². The molecular formula is C12H23N. The quantitative estimate of drug-likeness (QED) is 0.522. The number of allylic oxidation sites excluding steroid dienone is 1. The molecule has 2 N–H and O–H groups in total. The van der Waals surface area contributed by atoms with E-state index in [9.17, 15) is 0 Å². The molecule has 1 atom stereocenters. The molecule has 0 amide bonds. The van der Waals surface area contributed by atoms with Gasteiger partial charge >= 0.3 is 0 Å². The summed E-state index contributed by atoms with van der Waals surface area (Å²) < 4.78 is 0. The van der Waals surface area contributed by atoms with Gasteiger partial charge in [-0.3, -0.25) is 0 Å². The van der Waals surface area contributed by atoms with E-state index in [1.807, 2.05) is 6.08 Å². The highest BCUT2D eigenvalue weighted by atomic mass is 14.6. The lowest BCUT2D eigenvalue weighted by Crippen LogP contribution is -2.21. The van der Waals surface area contributed by atoms with Crippen molar-refractivity contribution in [1.82, 2.24) is 0 Å². The molecule has 0 aromatic rings. The van der Waals surface area contributed by atoms with Crippen LogP contribution in [-0.2, 0) is 0 Å². The fourth-order valence-corrected chi connectivity index (χ4v) is 1.19. The molecule has 0 aromatic heterocycles. The molecule has 1 heteroatoms. The van der Waals surface area contributed by atoms with E-state index in [4.69, 9.17) is 5.73 Å². The molecule has 1 unspecified atom stereocenters. The summed E-state index contributed by atoms with van der Waals surface area (Å²) in [7, 11) is 0. The lowest BCUT2D eigenvalue weighted by Gasteiger charge is -2.13. The largest absolute Gasteiger partial charge is 0.324 e. The zero-order valence-corrected chi connectivity index (χ0v) is 9.27. The molecule has 1 nitrogen and oxygen atoms in total. The Kier molecular flexibility index (Phi) is 10.5. The van der Waals surface area contributed by atoms with Gasteiger partial charge in [0, 0.05) is 6.04 Å². The van der Waals surface area contributed by atoms with E-state index in [0.717, 1.165) is 12.8 Å².